The second kappa shape index (κ2) is 9.03. The maximum absolute atomic E-state index is 13.2. The molecule has 32 heavy (non-hydrogen) atoms. The molecule has 0 unspecified atom stereocenters. The minimum absolute atomic E-state index is 0.0276. The van der Waals surface area contributed by atoms with E-state index in [0.29, 0.717) is 12.1 Å². The van der Waals surface area contributed by atoms with Gasteiger partial charge in [0.25, 0.3) is 0 Å². The van der Waals surface area contributed by atoms with E-state index in [1.807, 2.05) is 32.9 Å². The number of carbonyl (C=O) groups is 2. The molecule has 1 aliphatic heterocycles. The average Bonchev–Trinajstić information content (AvgIpc) is 3.04. The second-order valence-electron chi connectivity index (χ2n) is 8.81. The van der Waals surface area contributed by atoms with E-state index in [1.54, 1.807) is 36.9 Å². The predicted molar refractivity (Wildman–Crippen MR) is 126 cm³/mol. The van der Waals surface area contributed by atoms with E-state index in [1.165, 1.54) is 13.0 Å². The number of carbonyl (C=O) groups excluding carboxylic acids is 2. The molecule has 0 fully saturated rings. The summed E-state index contributed by atoms with van der Waals surface area (Å²) in [5.41, 5.74) is 4.18. The van der Waals surface area contributed by atoms with Gasteiger partial charge in [0.05, 0.1) is 4.90 Å². The van der Waals surface area contributed by atoms with Crippen LogP contribution in [-0.4, -0.2) is 32.3 Å². The van der Waals surface area contributed by atoms with Gasteiger partial charge < -0.3 is 10.2 Å². The third-order valence-electron chi connectivity index (χ3n) is 6.01. The first-order chi connectivity index (χ1) is 14.9. The number of aryl methyl sites for hydroxylation is 1. The van der Waals surface area contributed by atoms with Gasteiger partial charge in [-0.1, -0.05) is 26.0 Å². The van der Waals surface area contributed by atoms with Crippen molar-refractivity contribution >= 4 is 33.2 Å². The maximum atomic E-state index is 13.2. The average molecular weight is 458 g/mol. The van der Waals surface area contributed by atoms with Crippen molar-refractivity contribution in [2.45, 2.75) is 64.9 Å². The molecular formula is C24H31N3O4S. The molecule has 8 heteroatoms. The van der Waals surface area contributed by atoms with Gasteiger partial charge >= 0.3 is 0 Å². The second-order valence-corrected chi connectivity index (χ2v) is 10.5. The molecule has 0 bridgehead atoms. The van der Waals surface area contributed by atoms with Crippen molar-refractivity contribution in [2.75, 3.05) is 10.2 Å². The van der Waals surface area contributed by atoms with Gasteiger partial charge in [0.2, 0.25) is 21.8 Å². The molecule has 2 aromatic rings. The summed E-state index contributed by atoms with van der Waals surface area (Å²) in [6.07, 6.45) is 0.582. The largest absolute Gasteiger partial charge is 0.324 e. The van der Waals surface area contributed by atoms with Gasteiger partial charge in [0.1, 0.15) is 6.04 Å². The SMILES string of the molecule is CC(=O)N1c2ccc(S(=O)(=O)N[C@H](C(=O)Nc3cccc(C)c3C)C(C)C)cc2C[C@H]1C. The van der Waals surface area contributed by atoms with Gasteiger partial charge in [-0.15, -0.1) is 0 Å². The molecule has 0 saturated carbocycles. The van der Waals surface area contributed by atoms with E-state index in [0.717, 1.165) is 22.4 Å². The van der Waals surface area contributed by atoms with E-state index in [2.05, 4.69) is 10.0 Å². The van der Waals surface area contributed by atoms with Gasteiger partial charge in [-0.25, -0.2) is 8.42 Å². The maximum Gasteiger partial charge on any atom is 0.242 e. The molecule has 1 aliphatic rings. The molecule has 2 amide bonds. The topological polar surface area (TPSA) is 95.6 Å². The molecule has 0 spiro atoms. The van der Waals surface area contributed by atoms with Gasteiger partial charge in [-0.05, 0) is 74.1 Å². The normalized spacial score (nSPS) is 16.7. The Morgan fingerprint density at radius 1 is 1.12 bits per heavy atom. The molecule has 2 atom stereocenters. The summed E-state index contributed by atoms with van der Waals surface area (Å²) >= 11 is 0. The number of anilines is 2. The highest BCUT2D eigenvalue weighted by atomic mass is 32.2. The molecule has 2 aromatic carbocycles. The summed E-state index contributed by atoms with van der Waals surface area (Å²) in [6, 6.07) is 9.37. The smallest absolute Gasteiger partial charge is 0.242 e. The molecule has 0 aromatic heterocycles. The standard InChI is InChI=1S/C24H31N3O4S/c1-14(2)23(24(29)25-21-9-7-8-15(3)17(21)5)26-32(30,31)20-10-11-22-19(13-20)12-16(4)27(22)18(6)28/h7-11,13-14,16,23,26H,12H2,1-6H3,(H,25,29)/t16-,23+/m1/s1. The van der Waals surface area contributed by atoms with Crippen LogP contribution < -0.4 is 14.9 Å². The monoisotopic (exact) mass is 457 g/mol. The van der Waals surface area contributed by atoms with E-state index in [4.69, 9.17) is 0 Å². The Bertz CT molecular complexity index is 1160. The highest BCUT2D eigenvalue weighted by Gasteiger charge is 2.32. The Morgan fingerprint density at radius 3 is 2.44 bits per heavy atom. The van der Waals surface area contributed by atoms with E-state index >= 15 is 0 Å². The van der Waals surface area contributed by atoms with Crippen LogP contribution in [0.2, 0.25) is 0 Å². The van der Waals surface area contributed by atoms with Crippen molar-refractivity contribution in [3.63, 3.8) is 0 Å². The summed E-state index contributed by atoms with van der Waals surface area (Å²) in [5.74, 6) is -0.750. The highest BCUT2D eigenvalue weighted by Crippen LogP contribution is 2.34. The number of hydrogen-bond donors (Lipinski definition) is 2. The summed E-state index contributed by atoms with van der Waals surface area (Å²) < 4.78 is 28.9. The molecular weight excluding hydrogens is 426 g/mol. The van der Waals surface area contributed by atoms with Crippen molar-refractivity contribution in [1.82, 2.24) is 4.72 Å². The van der Waals surface area contributed by atoms with Crippen LogP contribution in [0.4, 0.5) is 11.4 Å². The summed E-state index contributed by atoms with van der Waals surface area (Å²) in [5, 5.41) is 2.86. The Balaban J connectivity index is 1.85. The van der Waals surface area contributed by atoms with Crippen molar-refractivity contribution in [3.8, 4) is 0 Å². The Labute approximate surface area is 190 Å². The number of benzene rings is 2. The number of nitrogens with one attached hydrogen (secondary N) is 2. The lowest BCUT2D eigenvalue weighted by molar-refractivity contribution is -0.118. The van der Waals surface area contributed by atoms with Crippen LogP contribution in [0.15, 0.2) is 41.3 Å². The number of rotatable bonds is 6. The molecule has 172 valence electrons. The molecule has 0 saturated heterocycles. The molecule has 7 nitrogen and oxygen atoms in total. The van der Waals surface area contributed by atoms with Crippen LogP contribution in [-0.2, 0) is 26.0 Å². The number of fused-ring (bicyclic) bond motifs is 1. The van der Waals surface area contributed by atoms with Crippen molar-refractivity contribution in [3.05, 3.63) is 53.1 Å². The quantitative estimate of drug-likeness (QED) is 0.694. The summed E-state index contributed by atoms with van der Waals surface area (Å²) in [6.45, 7) is 10.9. The zero-order chi connectivity index (χ0) is 23.8. The highest BCUT2D eigenvalue weighted by molar-refractivity contribution is 7.89. The minimum atomic E-state index is -3.95. The lowest BCUT2D eigenvalue weighted by atomic mass is 10.0. The van der Waals surface area contributed by atoms with Crippen LogP contribution in [0.1, 0.15) is 44.4 Å². The summed E-state index contributed by atoms with van der Waals surface area (Å²) in [7, 11) is -3.95. The van der Waals surface area contributed by atoms with Crippen LogP contribution in [0.5, 0.6) is 0 Å². The number of nitrogens with zero attached hydrogens (tertiary/aromatic N) is 1. The van der Waals surface area contributed by atoms with E-state index in [9.17, 15) is 18.0 Å². The molecule has 0 aliphatic carbocycles. The number of amides is 2. The van der Waals surface area contributed by atoms with E-state index < -0.39 is 22.0 Å². The Hall–Kier alpha value is -2.71. The minimum Gasteiger partial charge on any atom is -0.324 e. The van der Waals surface area contributed by atoms with Gasteiger partial charge in [0, 0.05) is 24.3 Å². The van der Waals surface area contributed by atoms with Crippen molar-refractivity contribution < 1.29 is 18.0 Å². The fraction of sp³-hybridized carbons (Fsp3) is 0.417. The number of sulfonamides is 1. The van der Waals surface area contributed by atoms with Gasteiger partial charge in [-0.2, -0.15) is 4.72 Å². The fourth-order valence-corrected chi connectivity index (χ4v) is 5.47. The molecule has 3 rings (SSSR count). The zero-order valence-corrected chi connectivity index (χ0v) is 20.2. The molecule has 1 heterocycles. The summed E-state index contributed by atoms with van der Waals surface area (Å²) in [4.78, 5) is 26.7. The van der Waals surface area contributed by atoms with E-state index in [-0.39, 0.29) is 22.8 Å². The molecule has 0 radical (unpaired) electrons. The lowest BCUT2D eigenvalue weighted by Gasteiger charge is -2.23. The van der Waals surface area contributed by atoms with Crippen LogP contribution >= 0.6 is 0 Å². The Morgan fingerprint density at radius 2 is 1.81 bits per heavy atom. The predicted octanol–water partition coefficient (Wildman–Crippen LogP) is 3.54. The van der Waals surface area contributed by atoms with Crippen LogP contribution in [0.3, 0.4) is 0 Å². The third-order valence-corrected chi connectivity index (χ3v) is 7.45. The third kappa shape index (κ3) is 4.71. The van der Waals surface area contributed by atoms with Crippen molar-refractivity contribution in [2.24, 2.45) is 5.92 Å². The van der Waals surface area contributed by atoms with Gasteiger partial charge in [-0.3, -0.25) is 9.59 Å². The Kier molecular flexibility index (Phi) is 6.76. The van der Waals surface area contributed by atoms with Crippen LogP contribution in [0, 0.1) is 19.8 Å². The van der Waals surface area contributed by atoms with Gasteiger partial charge in [0.15, 0.2) is 0 Å². The zero-order valence-electron chi connectivity index (χ0n) is 19.4. The first-order valence-electron chi connectivity index (χ1n) is 10.7. The van der Waals surface area contributed by atoms with Crippen LogP contribution in [0.25, 0.3) is 0 Å². The molecule has 2 N–H and O–H groups in total. The fourth-order valence-electron chi connectivity index (χ4n) is 4.08. The number of hydrogen-bond acceptors (Lipinski definition) is 4. The lowest BCUT2D eigenvalue weighted by Crippen LogP contribution is -2.47. The first-order valence-corrected chi connectivity index (χ1v) is 12.2. The van der Waals surface area contributed by atoms with Crippen molar-refractivity contribution in [1.29, 1.82) is 0 Å². The first kappa shape index (κ1) is 23.9.